The first kappa shape index (κ1) is 10.7. The molecule has 0 bridgehead atoms. The van der Waals surface area contributed by atoms with E-state index in [1.54, 1.807) is 6.33 Å². The van der Waals surface area contributed by atoms with Crippen molar-refractivity contribution in [1.29, 1.82) is 5.26 Å². The van der Waals surface area contributed by atoms with Crippen molar-refractivity contribution in [2.24, 2.45) is 5.41 Å². The fraction of sp³-hybridized carbons (Fsp3) is 0.700. The quantitative estimate of drug-likeness (QED) is 0.730. The van der Waals surface area contributed by atoms with Crippen LogP contribution in [-0.4, -0.2) is 14.8 Å². The smallest absolute Gasteiger partial charge is 0.138 e. The van der Waals surface area contributed by atoms with E-state index < -0.39 is 0 Å². The molecule has 0 radical (unpaired) electrons. The Kier molecular flexibility index (Phi) is 3.23. The summed E-state index contributed by atoms with van der Waals surface area (Å²) in [6.07, 6.45) is 3.24. The minimum Gasteiger partial charge on any atom is -0.250 e. The lowest BCUT2D eigenvalue weighted by Gasteiger charge is -2.14. The molecule has 0 aromatic carbocycles. The standard InChI is InChI=1S/C10H16N4/c1-4-5-14-9(12-8-13-14)6-10(2,3)7-11/h8H,4-6H2,1-3H3. The largest absolute Gasteiger partial charge is 0.250 e. The van der Waals surface area contributed by atoms with Crippen molar-refractivity contribution in [2.45, 2.75) is 40.2 Å². The highest BCUT2D eigenvalue weighted by Gasteiger charge is 2.20. The summed E-state index contributed by atoms with van der Waals surface area (Å²) in [7, 11) is 0. The van der Waals surface area contributed by atoms with Crippen molar-refractivity contribution < 1.29 is 0 Å². The van der Waals surface area contributed by atoms with Gasteiger partial charge in [-0.05, 0) is 20.3 Å². The van der Waals surface area contributed by atoms with Crippen LogP contribution in [0.25, 0.3) is 0 Å². The fourth-order valence-corrected chi connectivity index (χ4v) is 1.26. The van der Waals surface area contributed by atoms with Gasteiger partial charge in [0.15, 0.2) is 0 Å². The van der Waals surface area contributed by atoms with Gasteiger partial charge in [0, 0.05) is 13.0 Å². The van der Waals surface area contributed by atoms with Gasteiger partial charge in [-0.1, -0.05) is 6.92 Å². The third-order valence-corrected chi connectivity index (χ3v) is 2.03. The molecule has 0 atom stereocenters. The maximum absolute atomic E-state index is 8.91. The number of nitriles is 1. The van der Waals surface area contributed by atoms with Crippen LogP contribution in [0.3, 0.4) is 0 Å². The second-order valence-corrected chi connectivity index (χ2v) is 4.07. The molecular weight excluding hydrogens is 176 g/mol. The molecule has 0 saturated heterocycles. The summed E-state index contributed by atoms with van der Waals surface area (Å²) in [5.41, 5.74) is -0.363. The van der Waals surface area contributed by atoms with Gasteiger partial charge in [-0.25, -0.2) is 4.98 Å². The van der Waals surface area contributed by atoms with Crippen LogP contribution in [0.1, 0.15) is 33.0 Å². The van der Waals surface area contributed by atoms with Crippen molar-refractivity contribution >= 4 is 0 Å². The summed E-state index contributed by atoms with van der Waals surface area (Å²) < 4.78 is 1.87. The molecule has 0 N–H and O–H groups in total. The Morgan fingerprint density at radius 3 is 2.86 bits per heavy atom. The summed E-state index contributed by atoms with van der Waals surface area (Å²) in [6.45, 7) is 6.80. The highest BCUT2D eigenvalue weighted by molar-refractivity contribution is 5.00. The van der Waals surface area contributed by atoms with Crippen LogP contribution >= 0.6 is 0 Å². The van der Waals surface area contributed by atoms with E-state index >= 15 is 0 Å². The molecule has 0 fully saturated rings. The Hall–Kier alpha value is -1.37. The lowest BCUT2D eigenvalue weighted by atomic mass is 9.91. The summed E-state index contributed by atoms with van der Waals surface area (Å²) in [5, 5.41) is 13.0. The Bertz CT molecular complexity index is 332. The molecule has 1 heterocycles. The molecule has 0 aliphatic rings. The molecule has 1 rings (SSSR count). The molecular formula is C10H16N4. The molecule has 1 aromatic heterocycles. The zero-order valence-corrected chi connectivity index (χ0v) is 8.99. The molecule has 0 unspecified atom stereocenters. The van der Waals surface area contributed by atoms with Gasteiger partial charge in [0.1, 0.15) is 12.2 Å². The minimum absolute atomic E-state index is 0.363. The van der Waals surface area contributed by atoms with Crippen LogP contribution in [0.2, 0.25) is 0 Å². The molecule has 0 amide bonds. The Morgan fingerprint density at radius 2 is 2.29 bits per heavy atom. The molecule has 1 aromatic rings. The minimum atomic E-state index is -0.363. The van der Waals surface area contributed by atoms with E-state index in [1.807, 2.05) is 18.5 Å². The first-order valence-electron chi connectivity index (χ1n) is 4.87. The Morgan fingerprint density at radius 1 is 1.57 bits per heavy atom. The number of hydrogen-bond donors (Lipinski definition) is 0. The molecule has 14 heavy (non-hydrogen) atoms. The number of aryl methyl sites for hydroxylation is 1. The van der Waals surface area contributed by atoms with Gasteiger partial charge in [0.2, 0.25) is 0 Å². The van der Waals surface area contributed by atoms with Crippen LogP contribution in [-0.2, 0) is 13.0 Å². The predicted octanol–water partition coefficient (Wildman–Crippen LogP) is 1.78. The topological polar surface area (TPSA) is 54.5 Å². The van der Waals surface area contributed by atoms with E-state index in [0.717, 1.165) is 18.8 Å². The first-order chi connectivity index (χ1) is 6.59. The Labute approximate surface area is 84.6 Å². The van der Waals surface area contributed by atoms with Crippen molar-refractivity contribution in [3.8, 4) is 6.07 Å². The van der Waals surface area contributed by atoms with Gasteiger partial charge >= 0.3 is 0 Å². The van der Waals surface area contributed by atoms with E-state index in [9.17, 15) is 0 Å². The summed E-state index contributed by atoms with van der Waals surface area (Å²) in [4.78, 5) is 4.17. The Balaban J connectivity index is 2.77. The van der Waals surface area contributed by atoms with Crippen LogP contribution < -0.4 is 0 Å². The lowest BCUT2D eigenvalue weighted by Crippen LogP contribution is -2.16. The number of hydrogen-bond acceptors (Lipinski definition) is 3. The second kappa shape index (κ2) is 4.23. The van der Waals surface area contributed by atoms with Crippen LogP contribution in [0, 0.1) is 16.7 Å². The predicted molar refractivity (Wildman–Crippen MR) is 53.4 cm³/mol. The summed E-state index contributed by atoms with van der Waals surface area (Å²) in [6, 6.07) is 2.27. The molecule has 76 valence electrons. The van der Waals surface area contributed by atoms with E-state index in [1.165, 1.54) is 0 Å². The zero-order chi connectivity index (χ0) is 10.6. The van der Waals surface area contributed by atoms with E-state index in [0.29, 0.717) is 6.42 Å². The van der Waals surface area contributed by atoms with Gasteiger partial charge in [-0.15, -0.1) is 0 Å². The highest BCUT2D eigenvalue weighted by atomic mass is 15.3. The monoisotopic (exact) mass is 192 g/mol. The second-order valence-electron chi connectivity index (χ2n) is 4.07. The molecule has 4 heteroatoms. The molecule has 0 aliphatic heterocycles. The maximum Gasteiger partial charge on any atom is 0.138 e. The molecule has 0 spiro atoms. The third kappa shape index (κ3) is 2.56. The normalized spacial score (nSPS) is 11.3. The van der Waals surface area contributed by atoms with Gasteiger partial charge in [0.25, 0.3) is 0 Å². The van der Waals surface area contributed by atoms with Crippen molar-refractivity contribution in [2.75, 3.05) is 0 Å². The van der Waals surface area contributed by atoms with Crippen molar-refractivity contribution in [3.05, 3.63) is 12.2 Å². The summed E-state index contributed by atoms with van der Waals surface area (Å²) in [5.74, 6) is 0.901. The van der Waals surface area contributed by atoms with E-state index in [-0.39, 0.29) is 5.41 Å². The van der Waals surface area contributed by atoms with Gasteiger partial charge in [0.05, 0.1) is 11.5 Å². The number of rotatable bonds is 4. The van der Waals surface area contributed by atoms with Gasteiger partial charge < -0.3 is 0 Å². The van der Waals surface area contributed by atoms with Gasteiger partial charge in [-0.2, -0.15) is 10.4 Å². The maximum atomic E-state index is 8.91. The third-order valence-electron chi connectivity index (χ3n) is 2.03. The fourth-order valence-electron chi connectivity index (χ4n) is 1.26. The van der Waals surface area contributed by atoms with E-state index in [2.05, 4.69) is 23.1 Å². The van der Waals surface area contributed by atoms with Crippen LogP contribution in [0.5, 0.6) is 0 Å². The average molecular weight is 192 g/mol. The number of nitrogens with zero attached hydrogens (tertiary/aromatic N) is 4. The zero-order valence-electron chi connectivity index (χ0n) is 8.99. The van der Waals surface area contributed by atoms with E-state index in [4.69, 9.17) is 5.26 Å². The number of aromatic nitrogens is 3. The van der Waals surface area contributed by atoms with Gasteiger partial charge in [-0.3, -0.25) is 4.68 Å². The highest BCUT2D eigenvalue weighted by Crippen LogP contribution is 2.18. The average Bonchev–Trinajstić information content (AvgIpc) is 2.53. The van der Waals surface area contributed by atoms with Crippen molar-refractivity contribution in [3.63, 3.8) is 0 Å². The SMILES string of the molecule is CCCn1ncnc1CC(C)(C)C#N. The van der Waals surface area contributed by atoms with Crippen LogP contribution in [0.4, 0.5) is 0 Å². The van der Waals surface area contributed by atoms with Crippen LogP contribution in [0.15, 0.2) is 6.33 Å². The summed E-state index contributed by atoms with van der Waals surface area (Å²) >= 11 is 0. The molecule has 4 nitrogen and oxygen atoms in total. The first-order valence-corrected chi connectivity index (χ1v) is 4.87. The molecule has 0 saturated carbocycles. The molecule has 0 aliphatic carbocycles. The van der Waals surface area contributed by atoms with Crippen molar-refractivity contribution in [1.82, 2.24) is 14.8 Å². The lowest BCUT2D eigenvalue weighted by molar-refractivity contribution is 0.450.